The predicted octanol–water partition coefficient (Wildman–Crippen LogP) is 5.83. The number of nitrogens with one attached hydrogen (secondary N) is 3. The number of halogens is 6. The van der Waals surface area contributed by atoms with Crippen molar-refractivity contribution in [2.75, 3.05) is 95.8 Å². The van der Waals surface area contributed by atoms with Gasteiger partial charge in [0.1, 0.15) is 53.9 Å². The Hall–Kier alpha value is -7.12. The van der Waals surface area contributed by atoms with E-state index in [1.54, 1.807) is 39.8 Å². The van der Waals surface area contributed by atoms with Crippen molar-refractivity contribution in [2.45, 2.75) is 260 Å². The van der Waals surface area contributed by atoms with Crippen molar-refractivity contribution in [3.63, 3.8) is 0 Å². The molecule has 3 heterocycles. The normalized spacial score (nSPS) is 31.9. The predicted molar refractivity (Wildman–Crippen MR) is 385 cm³/mol. The number of likely N-dealkylation sites (N-methyl/N-ethyl adjacent to an activating group) is 7. The van der Waals surface area contributed by atoms with Crippen LogP contribution in [-0.4, -0.2) is 289 Å². The summed E-state index contributed by atoms with van der Waals surface area (Å²) in [5.74, 6) is -14.3. The molecule has 2 saturated heterocycles. The van der Waals surface area contributed by atoms with Crippen LogP contribution < -0.4 is 16.0 Å². The average Bonchev–Trinajstić information content (AvgIpc) is 1.09. The molecule has 608 valence electrons. The first-order valence-corrected chi connectivity index (χ1v) is 39.2. The molecular weight excluding hydrogens is 1420 g/mol. The molecule has 32 heteroatoms. The van der Waals surface area contributed by atoms with Gasteiger partial charge in [0, 0.05) is 89.1 Å². The number of carbonyl (C=O) groups is 12. The van der Waals surface area contributed by atoms with Gasteiger partial charge < -0.3 is 69.5 Å². The minimum absolute atomic E-state index is 0.0383. The molecule has 0 aromatic heterocycles. The maximum atomic E-state index is 15.6. The zero-order chi connectivity index (χ0) is 79.6. The highest BCUT2D eigenvalue weighted by atomic mass is 19.4. The largest absolute Gasteiger partial charge is 0.394 e. The lowest BCUT2D eigenvalue weighted by Gasteiger charge is -2.46. The fourth-order valence-corrected chi connectivity index (χ4v) is 17.5. The highest BCUT2D eigenvalue weighted by molar-refractivity contribution is 6.01. The number of rotatable bonds is 14. The van der Waals surface area contributed by atoms with Crippen LogP contribution in [0.3, 0.4) is 0 Å². The molecule has 8 aliphatic rings. The minimum Gasteiger partial charge on any atom is -0.381 e. The number of hydrogen-bond donors (Lipinski definition) is 3. The second kappa shape index (κ2) is 37.3. The van der Waals surface area contributed by atoms with Crippen LogP contribution in [0.5, 0.6) is 0 Å². The van der Waals surface area contributed by atoms with Crippen molar-refractivity contribution in [3.05, 3.63) is 12.2 Å². The number of carbonyl (C=O) groups excluding carboxylic acids is 12. The summed E-state index contributed by atoms with van der Waals surface area (Å²) in [5.41, 5.74) is -1.63. The van der Waals surface area contributed by atoms with E-state index in [0.29, 0.717) is 51.4 Å². The van der Waals surface area contributed by atoms with Crippen LogP contribution in [0.25, 0.3) is 0 Å². The molecule has 5 aliphatic carbocycles. The third-order valence-corrected chi connectivity index (χ3v) is 25.0. The van der Waals surface area contributed by atoms with Crippen molar-refractivity contribution in [1.29, 1.82) is 0 Å². The van der Waals surface area contributed by atoms with Crippen LogP contribution in [-0.2, 0) is 67.0 Å². The van der Waals surface area contributed by atoms with Crippen molar-refractivity contribution < 1.29 is 93.4 Å². The molecule has 7 fully saturated rings. The topological polar surface area (TPSA) is 289 Å². The second-order valence-electron chi connectivity index (χ2n) is 32.1. The standard InChI is InChI=1S/C76H118F6N12O14/c1-13-45(4)62-71(104)88(7)44-61(97)89(8)54-24-17-16-20-37-93(70(54)103)57(38-46-25-31-50(32-26-46)75(77,78)79)69(102)87(6)43-59(95)83-53(34-28-47-27-33-52(76(80,81)82)58(39-47)107-12)67(100)94-42-51(108-15-3)40-55(94)65(98)85-74(35-21-36-74)73(106)92(11)64(48-22-18-19-23-48)72(105)90(9)56(68(101)86(5)14-2)41-60(96)91(10)63(49-29-30-49)66(99)84-62/h16-17,45-58,62-64H,13-15,18-44H2,1-12H3,(H,83,95)(H,84,99)(H,85,98)/b17-16-/t45-,46?,47?,50?,51+,52?,53-,54-,55-,56-,57-,58?,62-,63-,64-/m0/s1. The SMILES string of the molecule is CCO[C@@H]1C[C@H]2C(=O)NC3(CCC3)C(=O)N(C)[C@@H](C3CCCC3)C(=O)N(C)[C@H](C(=O)N(C)CC)CC(=O)N(C)[C@@H](C3CC3)C(=O)N[C@@H]([C@@H](C)CC)C(=O)N(C)CC(=O)N(C)[C@H]3C/C=C\CCN(C3=O)[C@@H](CC3CCC(C(F)(F)F)CC3)C(=O)N(C)CC(=O)N[C@@H](CCC3CCC(C(F)(F)F)C(OC)C3)C(=O)N2C1. The van der Waals surface area contributed by atoms with Crippen LogP contribution in [0.2, 0.25) is 0 Å². The summed E-state index contributed by atoms with van der Waals surface area (Å²) in [7, 11) is 11.0. The number of ether oxygens (including phenoxy) is 2. The van der Waals surface area contributed by atoms with Crippen molar-refractivity contribution >= 4 is 70.9 Å². The Morgan fingerprint density at radius 3 is 1.86 bits per heavy atom. The van der Waals surface area contributed by atoms with E-state index in [1.165, 1.54) is 85.8 Å². The zero-order valence-electron chi connectivity index (χ0n) is 65.2. The highest BCUT2D eigenvalue weighted by Gasteiger charge is 2.55. The van der Waals surface area contributed by atoms with Crippen LogP contribution in [0.4, 0.5) is 26.3 Å². The molecule has 12 amide bonds. The number of hydrogen-bond acceptors (Lipinski definition) is 14. The zero-order valence-corrected chi connectivity index (χ0v) is 65.2. The monoisotopic (exact) mass is 1540 g/mol. The van der Waals surface area contributed by atoms with Gasteiger partial charge in [0.25, 0.3) is 0 Å². The first kappa shape index (κ1) is 86.5. The average molecular weight is 1540 g/mol. The molecule has 0 aromatic rings. The number of alkyl halides is 6. The van der Waals surface area contributed by atoms with E-state index < -0.39 is 204 Å². The Labute approximate surface area is 631 Å². The van der Waals surface area contributed by atoms with Gasteiger partial charge in [-0.15, -0.1) is 0 Å². The summed E-state index contributed by atoms with van der Waals surface area (Å²) < 4.78 is 96.9. The smallest absolute Gasteiger partial charge is 0.381 e. The van der Waals surface area contributed by atoms with Gasteiger partial charge in [0.15, 0.2) is 0 Å². The maximum absolute atomic E-state index is 15.6. The second-order valence-corrected chi connectivity index (χ2v) is 32.1. The summed E-state index contributed by atoms with van der Waals surface area (Å²) in [6.45, 7) is 5.61. The Balaban J connectivity index is 1.20. The Kier molecular flexibility index (Phi) is 29.8. The van der Waals surface area contributed by atoms with Gasteiger partial charge in [-0.1, -0.05) is 45.3 Å². The lowest BCUT2D eigenvalue weighted by molar-refractivity contribution is -0.215. The summed E-state index contributed by atoms with van der Waals surface area (Å²) in [6, 6.07) is -10.7. The van der Waals surface area contributed by atoms with Crippen molar-refractivity contribution in [1.82, 2.24) is 60.0 Å². The van der Waals surface area contributed by atoms with E-state index in [9.17, 15) is 55.1 Å². The highest BCUT2D eigenvalue weighted by Crippen LogP contribution is 2.45. The minimum atomic E-state index is -4.56. The van der Waals surface area contributed by atoms with Crippen LogP contribution in [0.1, 0.15) is 182 Å². The van der Waals surface area contributed by atoms with E-state index >= 15 is 28.8 Å². The third kappa shape index (κ3) is 20.5. The van der Waals surface area contributed by atoms with Gasteiger partial charge in [-0.2, -0.15) is 26.3 Å². The quantitative estimate of drug-likeness (QED) is 0.136. The molecular formula is C76H118F6N12O14. The van der Waals surface area contributed by atoms with E-state index in [0.717, 1.165) is 14.7 Å². The van der Waals surface area contributed by atoms with E-state index in [4.69, 9.17) is 9.47 Å². The molecule has 1 spiro atoms. The molecule has 3 aliphatic heterocycles. The van der Waals surface area contributed by atoms with E-state index in [2.05, 4.69) is 16.0 Å². The lowest BCUT2D eigenvalue weighted by atomic mass is 9.74. The Morgan fingerprint density at radius 2 is 1.28 bits per heavy atom. The molecule has 13 atom stereocenters. The molecule has 0 radical (unpaired) electrons. The molecule has 3 N–H and O–H groups in total. The number of nitrogens with zero attached hydrogens (tertiary/aromatic N) is 9. The van der Waals surface area contributed by atoms with Gasteiger partial charge >= 0.3 is 12.4 Å². The summed E-state index contributed by atoms with van der Waals surface area (Å²) in [6.07, 6.45) is -4.44. The molecule has 108 heavy (non-hydrogen) atoms. The molecule has 2 bridgehead atoms. The Bertz CT molecular complexity index is 3250. The number of methoxy groups -OCH3 is 1. The molecule has 26 nitrogen and oxygen atoms in total. The maximum Gasteiger partial charge on any atom is 0.394 e. The summed E-state index contributed by atoms with van der Waals surface area (Å²) >= 11 is 0. The van der Waals surface area contributed by atoms with Gasteiger partial charge in [-0.25, -0.2) is 0 Å². The van der Waals surface area contributed by atoms with Gasteiger partial charge in [-0.3, -0.25) is 57.5 Å². The first-order valence-electron chi connectivity index (χ1n) is 39.2. The van der Waals surface area contributed by atoms with E-state index in [1.807, 2.05) is 0 Å². The fourth-order valence-electron chi connectivity index (χ4n) is 17.5. The van der Waals surface area contributed by atoms with Crippen LogP contribution >= 0.6 is 0 Å². The van der Waals surface area contributed by atoms with Gasteiger partial charge in [0.2, 0.25) is 70.9 Å². The van der Waals surface area contributed by atoms with Crippen molar-refractivity contribution in [3.8, 4) is 0 Å². The Morgan fingerprint density at radius 1 is 0.639 bits per heavy atom. The molecule has 5 saturated carbocycles. The number of amides is 12. The lowest BCUT2D eigenvalue weighted by Crippen LogP contribution is -2.68. The number of fused-ring (bicyclic) bond motifs is 3. The molecule has 3 unspecified atom stereocenters. The van der Waals surface area contributed by atoms with Gasteiger partial charge in [0.05, 0.1) is 43.6 Å². The van der Waals surface area contributed by atoms with Gasteiger partial charge in [-0.05, 0) is 165 Å². The summed E-state index contributed by atoms with van der Waals surface area (Å²) in [4.78, 5) is 193. The molecule has 8 rings (SSSR count). The summed E-state index contributed by atoms with van der Waals surface area (Å²) in [5, 5.41) is 8.69. The molecule has 0 aromatic carbocycles. The first-order chi connectivity index (χ1) is 50.9. The fraction of sp³-hybridized carbons (Fsp3) is 0.816. The van der Waals surface area contributed by atoms with Crippen LogP contribution in [0, 0.1) is 41.4 Å². The van der Waals surface area contributed by atoms with E-state index in [-0.39, 0.29) is 128 Å². The van der Waals surface area contributed by atoms with Crippen LogP contribution in [0.15, 0.2) is 12.2 Å². The third-order valence-electron chi connectivity index (χ3n) is 25.0. The van der Waals surface area contributed by atoms with Crippen molar-refractivity contribution in [2.24, 2.45) is 41.4 Å².